The Morgan fingerprint density at radius 3 is 2.26 bits per heavy atom. The number of carbonyl (C=O) groups excluding carboxylic acids is 5. The van der Waals surface area contributed by atoms with Crippen molar-refractivity contribution in [2.45, 2.75) is 181 Å². The van der Waals surface area contributed by atoms with Gasteiger partial charge in [0.1, 0.15) is 23.7 Å². The molecule has 374 valence electrons. The Kier molecular flexibility index (Phi) is 23.8. The summed E-state index contributed by atoms with van der Waals surface area (Å²) in [6.45, 7) is 14.8. The standard InChI is InChI=1S/C52H83NO13/c1-32(25-34(3)39(8)54)17-13-12-14-18-33(2)46(63-10)29-41-22-20-38(7)52(61,66-41)49(58)50(59)53-24-16-15-19-42(53)51(60)65-47(30-44(56)35(4)26-36(5)45(57)31-62-9)37(6)27-40-21-23-43(55)48(28-40)64-11/h12-14,17-18,26,32,34-35,37-38,40-43,45-48,55,57,61H,15-16,19-25,27-31H2,1-11H3. The highest BCUT2D eigenvalue weighted by molar-refractivity contribution is 6.39. The number of esters is 1. The number of aliphatic hydroxyl groups excluding tert-OH is 2. The number of ketones is 3. The van der Waals surface area contributed by atoms with E-state index in [0.29, 0.717) is 56.9 Å². The zero-order valence-electron chi connectivity index (χ0n) is 41.7. The van der Waals surface area contributed by atoms with E-state index in [-0.39, 0.29) is 67.3 Å². The third-order valence-electron chi connectivity index (χ3n) is 14.2. The predicted octanol–water partition coefficient (Wildman–Crippen LogP) is 6.82. The summed E-state index contributed by atoms with van der Waals surface area (Å²) in [6, 6.07) is -1.12. The molecular weight excluding hydrogens is 847 g/mol. The summed E-state index contributed by atoms with van der Waals surface area (Å²) in [4.78, 5) is 69.3. The zero-order chi connectivity index (χ0) is 49.3. The fraction of sp³-hybridized carbons (Fsp3) is 0.750. The average Bonchev–Trinajstić information content (AvgIpc) is 3.28. The third kappa shape index (κ3) is 16.7. The van der Waals surface area contributed by atoms with Crippen LogP contribution in [0, 0.1) is 35.5 Å². The molecule has 14 heteroatoms. The van der Waals surface area contributed by atoms with E-state index in [4.69, 9.17) is 23.7 Å². The van der Waals surface area contributed by atoms with E-state index in [1.807, 2.05) is 45.1 Å². The maximum absolute atomic E-state index is 14.3. The molecule has 3 fully saturated rings. The second-order valence-corrected chi connectivity index (χ2v) is 19.7. The maximum Gasteiger partial charge on any atom is 0.329 e. The lowest BCUT2D eigenvalue weighted by Gasteiger charge is -2.42. The van der Waals surface area contributed by atoms with Crippen LogP contribution >= 0.6 is 0 Å². The summed E-state index contributed by atoms with van der Waals surface area (Å²) in [5.41, 5.74) is 1.48. The third-order valence-corrected chi connectivity index (χ3v) is 14.2. The first kappa shape index (κ1) is 57.0. The van der Waals surface area contributed by atoms with Crippen molar-refractivity contribution in [1.82, 2.24) is 4.90 Å². The Balaban J connectivity index is 1.77. The van der Waals surface area contributed by atoms with Gasteiger partial charge in [-0.3, -0.25) is 19.2 Å². The minimum absolute atomic E-state index is 0.00799. The number of methoxy groups -OCH3 is 3. The molecule has 1 amide bonds. The van der Waals surface area contributed by atoms with Crippen molar-refractivity contribution in [3.05, 3.63) is 47.6 Å². The number of nitrogens with zero attached hydrogens (tertiary/aromatic N) is 1. The molecule has 2 aliphatic heterocycles. The number of Topliss-reactive ketones (excluding diaryl/α,β-unsaturated/α-hetero) is 3. The highest BCUT2D eigenvalue weighted by Crippen LogP contribution is 2.37. The van der Waals surface area contributed by atoms with Gasteiger partial charge in [-0.15, -0.1) is 0 Å². The smallest absolute Gasteiger partial charge is 0.329 e. The van der Waals surface area contributed by atoms with Crippen LogP contribution in [0.15, 0.2) is 47.6 Å². The molecule has 14 nitrogen and oxygen atoms in total. The number of ether oxygens (including phenoxy) is 5. The first-order chi connectivity index (χ1) is 31.2. The van der Waals surface area contributed by atoms with Crippen LogP contribution in [0.3, 0.4) is 0 Å². The second-order valence-electron chi connectivity index (χ2n) is 19.7. The summed E-state index contributed by atoms with van der Waals surface area (Å²) in [6.07, 6.45) is 13.6. The van der Waals surface area contributed by atoms with Gasteiger partial charge in [0.2, 0.25) is 5.79 Å². The number of allylic oxidation sites excluding steroid dienone is 6. The fourth-order valence-electron chi connectivity index (χ4n) is 9.55. The fourth-order valence-corrected chi connectivity index (χ4v) is 9.55. The number of hydrogen-bond donors (Lipinski definition) is 3. The number of hydrogen-bond acceptors (Lipinski definition) is 13. The van der Waals surface area contributed by atoms with Gasteiger partial charge >= 0.3 is 5.97 Å². The predicted molar refractivity (Wildman–Crippen MR) is 252 cm³/mol. The van der Waals surface area contributed by atoms with Gasteiger partial charge in [0.25, 0.3) is 11.7 Å². The van der Waals surface area contributed by atoms with Crippen LogP contribution in [0.4, 0.5) is 0 Å². The Morgan fingerprint density at radius 1 is 0.894 bits per heavy atom. The number of likely N-dealkylation sites (tertiary alicyclic amines) is 1. The number of rotatable bonds is 25. The lowest BCUT2D eigenvalue weighted by molar-refractivity contribution is -0.265. The summed E-state index contributed by atoms with van der Waals surface area (Å²) in [7, 11) is 4.64. The van der Waals surface area contributed by atoms with Crippen molar-refractivity contribution in [2.24, 2.45) is 35.5 Å². The van der Waals surface area contributed by atoms with Crippen LogP contribution in [0.5, 0.6) is 0 Å². The normalized spacial score (nSPS) is 28.9. The van der Waals surface area contributed by atoms with Gasteiger partial charge in [0, 0.05) is 58.5 Å². The summed E-state index contributed by atoms with van der Waals surface area (Å²) in [5.74, 6) is -6.54. The lowest BCUT2D eigenvalue weighted by atomic mass is 9.78. The van der Waals surface area contributed by atoms with E-state index in [1.54, 1.807) is 48.0 Å². The second kappa shape index (κ2) is 27.6. The highest BCUT2D eigenvalue weighted by Gasteiger charge is 2.53. The SMILES string of the molecule is COCC(O)C(C)=CC(C)C(=O)CC(OC(=O)C1CCCCN1C(=O)C(=O)C1(O)OC(CC(OC)C(C)=CC=CC=CC(C)CC(C)C(C)=O)CCC1C)C(C)CC1CCC(O)C(OC)C1. The Morgan fingerprint density at radius 2 is 1.61 bits per heavy atom. The van der Waals surface area contributed by atoms with Gasteiger partial charge in [-0.1, -0.05) is 71.1 Å². The summed E-state index contributed by atoms with van der Waals surface area (Å²) in [5, 5.41) is 32.8. The van der Waals surface area contributed by atoms with Crippen molar-refractivity contribution in [3.63, 3.8) is 0 Å². The molecule has 3 aliphatic rings. The Hall–Kier alpha value is -3.37. The van der Waals surface area contributed by atoms with E-state index in [1.165, 1.54) is 12.0 Å². The van der Waals surface area contributed by atoms with Crippen molar-refractivity contribution in [3.8, 4) is 0 Å². The molecule has 1 aliphatic carbocycles. The van der Waals surface area contributed by atoms with E-state index in [0.717, 1.165) is 18.4 Å². The number of carbonyl (C=O) groups is 5. The average molecular weight is 930 g/mol. The molecular formula is C52H83NO13. The van der Waals surface area contributed by atoms with Crippen LogP contribution in [0.25, 0.3) is 0 Å². The van der Waals surface area contributed by atoms with Gasteiger partial charge in [-0.2, -0.15) is 0 Å². The van der Waals surface area contributed by atoms with Crippen LogP contribution in [-0.2, 0) is 47.7 Å². The zero-order valence-corrected chi connectivity index (χ0v) is 41.7. The van der Waals surface area contributed by atoms with Crippen molar-refractivity contribution in [1.29, 1.82) is 0 Å². The highest BCUT2D eigenvalue weighted by atomic mass is 16.6. The molecule has 14 unspecified atom stereocenters. The summed E-state index contributed by atoms with van der Waals surface area (Å²) < 4.78 is 28.8. The van der Waals surface area contributed by atoms with Gasteiger partial charge in [-0.25, -0.2) is 4.79 Å². The molecule has 0 aromatic rings. The molecule has 0 radical (unpaired) electrons. The first-order valence-corrected chi connectivity index (χ1v) is 24.3. The molecule has 66 heavy (non-hydrogen) atoms. The van der Waals surface area contributed by atoms with Crippen LogP contribution in [-0.4, -0.2) is 132 Å². The lowest BCUT2D eigenvalue weighted by Crippen LogP contribution is -2.61. The van der Waals surface area contributed by atoms with E-state index >= 15 is 0 Å². The molecule has 0 aromatic carbocycles. The van der Waals surface area contributed by atoms with Crippen molar-refractivity contribution >= 4 is 29.2 Å². The first-order valence-electron chi connectivity index (χ1n) is 24.3. The number of aliphatic hydroxyl groups is 3. The number of amides is 1. The molecule has 0 aromatic heterocycles. The number of piperidine rings is 1. The molecule has 14 atom stereocenters. The maximum atomic E-state index is 14.3. The van der Waals surface area contributed by atoms with Crippen molar-refractivity contribution < 1.29 is 63.0 Å². The molecule has 3 rings (SSSR count). The quantitative estimate of drug-likeness (QED) is 0.0374. The van der Waals surface area contributed by atoms with Crippen LogP contribution in [0.1, 0.15) is 132 Å². The van der Waals surface area contributed by atoms with E-state index < -0.39 is 71.8 Å². The van der Waals surface area contributed by atoms with Gasteiger partial charge in [0.05, 0.1) is 37.1 Å². The van der Waals surface area contributed by atoms with Gasteiger partial charge in [0.15, 0.2) is 0 Å². The Bertz CT molecular complexity index is 1720. The monoisotopic (exact) mass is 930 g/mol. The van der Waals surface area contributed by atoms with E-state index in [9.17, 15) is 39.3 Å². The van der Waals surface area contributed by atoms with Crippen LogP contribution in [0.2, 0.25) is 0 Å². The summed E-state index contributed by atoms with van der Waals surface area (Å²) >= 11 is 0. The van der Waals surface area contributed by atoms with Crippen molar-refractivity contribution in [2.75, 3.05) is 34.5 Å². The van der Waals surface area contributed by atoms with Crippen LogP contribution < -0.4 is 0 Å². The van der Waals surface area contributed by atoms with E-state index in [2.05, 4.69) is 13.0 Å². The molecule has 0 bridgehead atoms. The van der Waals surface area contributed by atoms with Gasteiger partial charge < -0.3 is 43.9 Å². The minimum Gasteiger partial charge on any atom is -0.460 e. The molecule has 2 heterocycles. The molecule has 2 saturated heterocycles. The Labute approximate surface area is 394 Å². The topological polar surface area (TPSA) is 195 Å². The molecule has 3 N–H and O–H groups in total. The van der Waals surface area contributed by atoms with Gasteiger partial charge in [-0.05, 0) is 114 Å². The molecule has 0 spiro atoms. The minimum atomic E-state index is -2.43. The molecule has 1 saturated carbocycles. The largest absolute Gasteiger partial charge is 0.460 e.